The normalized spacial score (nSPS) is 21.8. The molecule has 1 fully saturated rings. The van der Waals surface area contributed by atoms with Crippen LogP contribution in [0.25, 0.3) is 0 Å². The molecule has 19 heavy (non-hydrogen) atoms. The Hall–Kier alpha value is -0.980. The van der Waals surface area contributed by atoms with Crippen LogP contribution in [0.4, 0.5) is 4.39 Å². The van der Waals surface area contributed by atoms with Gasteiger partial charge in [0.1, 0.15) is 5.82 Å². The summed E-state index contributed by atoms with van der Waals surface area (Å²) in [6.07, 6.45) is 0.608. The fourth-order valence-corrected chi connectivity index (χ4v) is 4.12. The Labute approximate surface area is 113 Å². The van der Waals surface area contributed by atoms with Gasteiger partial charge in [-0.05, 0) is 26.0 Å². The molecule has 1 aliphatic rings. The Morgan fingerprint density at radius 2 is 2.11 bits per heavy atom. The van der Waals surface area contributed by atoms with E-state index in [1.165, 1.54) is 17.4 Å². The first kappa shape index (κ1) is 14.4. The lowest BCUT2D eigenvalue weighted by Crippen LogP contribution is -2.38. The number of nitrogens with one attached hydrogen (secondary N) is 1. The standard InChI is InChI=1S/C13H19FN2O2S/c1-10(12-5-3-4-6-13(12)14)16(2)19(17,18)11-7-8-15-9-11/h3-6,10-11,15H,7-9H2,1-2H3. The van der Waals surface area contributed by atoms with E-state index in [1.807, 2.05) is 0 Å². The lowest BCUT2D eigenvalue weighted by Gasteiger charge is -2.27. The van der Waals surface area contributed by atoms with Gasteiger partial charge in [-0.2, -0.15) is 4.31 Å². The van der Waals surface area contributed by atoms with Crippen LogP contribution in [0.3, 0.4) is 0 Å². The summed E-state index contributed by atoms with van der Waals surface area (Å²) < 4.78 is 39.9. The maximum atomic E-state index is 13.7. The molecule has 1 N–H and O–H groups in total. The van der Waals surface area contributed by atoms with Crippen LogP contribution in [-0.2, 0) is 10.0 Å². The molecule has 0 amide bonds. The topological polar surface area (TPSA) is 49.4 Å². The minimum Gasteiger partial charge on any atom is -0.315 e. The van der Waals surface area contributed by atoms with Gasteiger partial charge in [-0.3, -0.25) is 0 Å². The molecule has 1 heterocycles. The van der Waals surface area contributed by atoms with Gasteiger partial charge in [0.25, 0.3) is 0 Å². The summed E-state index contributed by atoms with van der Waals surface area (Å²) in [5, 5.41) is 2.63. The molecule has 2 atom stereocenters. The predicted molar refractivity (Wildman–Crippen MR) is 72.8 cm³/mol. The van der Waals surface area contributed by atoms with Gasteiger partial charge in [0.05, 0.1) is 5.25 Å². The molecular formula is C13H19FN2O2S. The molecule has 1 aromatic carbocycles. The Morgan fingerprint density at radius 3 is 2.68 bits per heavy atom. The van der Waals surface area contributed by atoms with Crippen molar-refractivity contribution in [1.82, 2.24) is 9.62 Å². The molecule has 6 heteroatoms. The highest BCUT2D eigenvalue weighted by molar-refractivity contribution is 7.89. The molecule has 2 unspecified atom stereocenters. The number of halogens is 1. The maximum absolute atomic E-state index is 13.7. The highest BCUT2D eigenvalue weighted by atomic mass is 32.2. The zero-order valence-electron chi connectivity index (χ0n) is 11.1. The average Bonchev–Trinajstić information content (AvgIpc) is 2.92. The van der Waals surface area contributed by atoms with Crippen molar-refractivity contribution in [1.29, 1.82) is 0 Å². The molecule has 0 bridgehead atoms. The van der Waals surface area contributed by atoms with E-state index >= 15 is 0 Å². The predicted octanol–water partition coefficient (Wildman–Crippen LogP) is 1.51. The van der Waals surface area contributed by atoms with Crippen LogP contribution in [0.5, 0.6) is 0 Å². The molecule has 1 saturated heterocycles. The van der Waals surface area contributed by atoms with Crippen molar-refractivity contribution in [3.05, 3.63) is 35.6 Å². The van der Waals surface area contributed by atoms with Crippen molar-refractivity contribution < 1.29 is 12.8 Å². The monoisotopic (exact) mass is 286 g/mol. The van der Waals surface area contributed by atoms with Gasteiger partial charge in [0.2, 0.25) is 10.0 Å². The van der Waals surface area contributed by atoms with Gasteiger partial charge < -0.3 is 5.32 Å². The van der Waals surface area contributed by atoms with Crippen LogP contribution < -0.4 is 5.32 Å². The highest BCUT2D eigenvalue weighted by Gasteiger charge is 2.35. The van der Waals surface area contributed by atoms with E-state index in [4.69, 9.17) is 0 Å². The lowest BCUT2D eigenvalue weighted by atomic mass is 10.1. The maximum Gasteiger partial charge on any atom is 0.218 e. The third-order valence-corrected chi connectivity index (χ3v) is 6.10. The van der Waals surface area contributed by atoms with Gasteiger partial charge in [0, 0.05) is 25.2 Å². The molecule has 106 valence electrons. The van der Waals surface area contributed by atoms with E-state index in [-0.39, 0.29) is 5.82 Å². The fourth-order valence-electron chi connectivity index (χ4n) is 2.35. The second-order valence-corrected chi connectivity index (χ2v) is 7.15. The number of sulfonamides is 1. The summed E-state index contributed by atoms with van der Waals surface area (Å²) in [6.45, 7) is 2.89. The molecule has 0 radical (unpaired) electrons. The van der Waals surface area contributed by atoms with Crippen molar-refractivity contribution in [3.8, 4) is 0 Å². The summed E-state index contributed by atoms with van der Waals surface area (Å²) >= 11 is 0. The summed E-state index contributed by atoms with van der Waals surface area (Å²) in [7, 11) is -1.88. The van der Waals surface area contributed by atoms with E-state index in [2.05, 4.69) is 5.32 Å². The quantitative estimate of drug-likeness (QED) is 0.913. The van der Waals surface area contributed by atoms with Crippen LogP contribution >= 0.6 is 0 Å². The largest absolute Gasteiger partial charge is 0.315 e. The number of hydrogen-bond donors (Lipinski definition) is 1. The SMILES string of the molecule is CC(c1ccccc1F)N(C)S(=O)(=O)C1CCNC1. The Bertz CT molecular complexity index is 541. The fraction of sp³-hybridized carbons (Fsp3) is 0.538. The molecule has 0 spiro atoms. The molecule has 0 aliphatic carbocycles. The third-order valence-electron chi connectivity index (χ3n) is 3.74. The Morgan fingerprint density at radius 1 is 1.42 bits per heavy atom. The number of benzene rings is 1. The van der Waals surface area contributed by atoms with Gasteiger partial charge in [-0.1, -0.05) is 18.2 Å². The van der Waals surface area contributed by atoms with E-state index in [9.17, 15) is 12.8 Å². The van der Waals surface area contributed by atoms with E-state index in [1.54, 1.807) is 25.1 Å². The van der Waals surface area contributed by atoms with Gasteiger partial charge >= 0.3 is 0 Å². The molecule has 0 aromatic heterocycles. The molecule has 4 nitrogen and oxygen atoms in total. The molecular weight excluding hydrogens is 267 g/mol. The number of rotatable bonds is 4. The summed E-state index contributed by atoms with van der Waals surface area (Å²) in [4.78, 5) is 0. The first-order valence-corrected chi connectivity index (χ1v) is 7.87. The molecule has 2 rings (SSSR count). The van der Waals surface area contributed by atoms with Crippen LogP contribution in [0, 0.1) is 5.82 Å². The number of nitrogens with zero attached hydrogens (tertiary/aromatic N) is 1. The zero-order chi connectivity index (χ0) is 14.0. The van der Waals surface area contributed by atoms with Gasteiger partial charge in [-0.25, -0.2) is 12.8 Å². The first-order chi connectivity index (χ1) is 8.94. The van der Waals surface area contributed by atoms with Crippen LogP contribution in [0.2, 0.25) is 0 Å². The van der Waals surface area contributed by atoms with Crippen molar-refractivity contribution >= 4 is 10.0 Å². The van der Waals surface area contributed by atoms with E-state index in [0.717, 1.165) is 0 Å². The van der Waals surface area contributed by atoms with Crippen molar-refractivity contribution in [2.75, 3.05) is 20.1 Å². The van der Waals surface area contributed by atoms with Crippen LogP contribution in [0.1, 0.15) is 24.9 Å². The highest BCUT2D eigenvalue weighted by Crippen LogP contribution is 2.26. The van der Waals surface area contributed by atoms with Crippen LogP contribution in [0.15, 0.2) is 24.3 Å². The van der Waals surface area contributed by atoms with Gasteiger partial charge in [0.15, 0.2) is 0 Å². The molecule has 0 saturated carbocycles. The van der Waals surface area contributed by atoms with E-state index < -0.39 is 21.3 Å². The molecule has 1 aliphatic heterocycles. The molecule has 1 aromatic rings. The first-order valence-electron chi connectivity index (χ1n) is 6.36. The second kappa shape index (κ2) is 5.56. The van der Waals surface area contributed by atoms with E-state index in [0.29, 0.717) is 25.1 Å². The summed E-state index contributed by atoms with van der Waals surface area (Å²) in [5.41, 5.74) is 0.402. The lowest BCUT2D eigenvalue weighted by molar-refractivity contribution is 0.382. The number of hydrogen-bond acceptors (Lipinski definition) is 3. The Kier molecular flexibility index (Phi) is 4.23. The second-order valence-electron chi connectivity index (χ2n) is 4.87. The van der Waals surface area contributed by atoms with Crippen molar-refractivity contribution in [2.45, 2.75) is 24.6 Å². The zero-order valence-corrected chi connectivity index (χ0v) is 12.0. The Balaban J connectivity index is 2.24. The van der Waals surface area contributed by atoms with Crippen LogP contribution in [-0.4, -0.2) is 38.1 Å². The average molecular weight is 286 g/mol. The smallest absolute Gasteiger partial charge is 0.218 e. The van der Waals surface area contributed by atoms with Crippen molar-refractivity contribution in [3.63, 3.8) is 0 Å². The summed E-state index contributed by atoms with van der Waals surface area (Å²) in [6, 6.07) is 5.78. The third kappa shape index (κ3) is 2.80. The minimum absolute atomic E-state index is 0.374. The summed E-state index contributed by atoms with van der Waals surface area (Å²) in [5.74, 6) is -0.374. The van der Waals surface area contributed by atoms with Crippen molar-refractivity contribution in [2.24, 2.45) is 0 Å². The minimum atomic E-state index is -3.40. The van der Waals surface area contributed by atoms with Gasteiger partial charge in [-0.15, -0.1) is 0 Å².